The van der Waals surface area contributed by atoms with Crippen LogP contribution in [0, 0.1) is 20.8 Å². The second kappa shape index (κ2) is 7.86. The Bertz CT molecular complexity index is 721. The van der Waals surface area contributed by atoms with Gasteiger partial charge in [-0.05, 0) is 75.6 Å². The Labute approximate surface area is 144 Å². The Kier molecular flexibility index (Phi) is 5.85. The van der Waals surface area contributed by atoms with E-state index >= 15 is 0 Å². The molecule has 0 aliphatic rings. The van der Waals surface area contributed by atoms with Crippen molar-refractivity contribution in [1.29, 1.82) is 0 Å². The molecule has 2 amide bonds. The molecule has 128 valence electrons. The minimum absolute atomic E-state index is 0.220. The molecular weight excluding hydrogens is 298 g/mol. The lowest BCUT2D eigenvalue weighted by Crippen LogP contribution is -2.23. The molecule has 0 fully saturated rings. The minimum Gasteiger partial charge on any atom is -0.372 e. The highest BCUT2D eigenvalue weighted by atomic mass is 16.2. The van der Waals surface area contributed by atoms with Crippen molar-refractivity contribution in [3.63, 3.8) is 0 Å². The number of nitrogens with zero attached hydrogens (tertiary/aromatic N) is 1. The summed E-state index contributed by atoms with van der Waals surface area (Å²) >= 11 is 0. The van der Waals surface area contributed by atoms with Gasteiger partial charge < -0.3 is 15.5 Å². The molecule has 4 heteroatoms. The van der Waals surface area contributed by atoms with Gasteiger partial charge in [-0.2, -0.15) is 0 Å². The van der Waals surface area contributed by atoms with Crippen molar-refractivity contribution >= 4 is 23.1 Å². The summed E-state index contributed by atoms with van der Waals surface area (Å²) in [6.07, 6.45) is 0. The van der Waals surface area contributed by atoms with E-state index in [9.17, 15) is 4.79 Å². The average Bonchev–Trinajstić information content (AvgIpc) is 2.54. The number of hydrogen-bond acceptors (Lipinski definition) is 2. The Morgan fingerprint density at radius 1 is 0.875 bits per heavy atom. The van der Waals surface area contributed by atoms with Crippen LogP contribution >= 0.6 is 0 Å². The topological polar surface area (TPSA) is 44.4 Å². The van der Waals surface area contributed by atoms with Crippen molar-refractivity contribution in [3.05, 3.63) is 53.1 Å². The maximum absolute atomic E-state index is 12.3. The van der Waals surface area contributed by atoms with E-state index in [-0.39, 0.29) is 6.03 Å². The summed E-state index contributed by atoms with van der Waals surface area (Å²) in [6.45, 7) is 12.2. The Balaban J connectivity index is 2.10. The van der Waals surface area contributed by atoms with Crippen molar-refractivity contribution in [3.8, 4) is 0 Å². The number of aryl methyl sites for hydroxylation is 3. The van der Waals surface area contributed by atoms with Crippen LogP contribution < -0.4 is 15.5 Å². The summed E-state index contributed by atoms with van der Waals surface area (Å²) in [5, 5.41) is 5.86. The quantitative estimate of drug-likeness (QED) is 0.803. The maximum Gasteiger partial charge on any atom is 0.323 e. The Morgan fingerprint density at radius 2 is 1.54 bits per heavy atom. The number of urea groups is 1. The highest BCUT2D eigenvalue weighted by molar-refractivity contribution is 6.00. The number of hydrogen-bond donors (Lipinski definition) is 2. The van der Waals surface area contributed by atoms with Crippen LogP contribution in [0.4, 0.5) is 21.9 Å². The molecule has 0 spiro atoms. The average molecular weight is 325 g/mol. The molecule has 2 rings (SSSR count). The third kappa shape index (κ3) is 4.28. The molecule has 2 aromatic rings. The van der Waals surface area contributed by atoms with E-state index in [4.69, 9.17) is 0 Å². The normalized spacial score (nSPS) is 10.4. The first-order valence-electron chi connectivity index (χ1n) is 8.45. The van der Waals surface area contributed by atoms with Gasteiger partial charge in [0.25, 0.3) is 0 Å². The lowest BCUT2D eigenvalue weighted by atomic mass is 10.1. The minimum atomic E-state index is -0.220. The monoisotopic (exact) mass is 325 g/mol. The highest BCUT2D eigenvalue weighted by Gasteiger charge is 2.09. The number of carbonyl (C=O) groups excluding carboxylic acids is 1. The fraction of sp³-hybridized carbons (Fsp3) is 0.350. The van der Waals surface area contributed by atoms with Crippen molar-refractivity contribution in [2.45, 2.75) is 34.6 Å². The Morgan fingerprint density at radius 3 is 2.17 bits per heavy atom. The molecule has 0 saturated carbocycles. The molecule has 2 aromatic carbocycles. The van der Waals surface area contributed by atoms with Gasteiger partial charge in [0.05, 0.1) is 0 Å². The van der Waals surface area contributed by atoms with Gasteiger partial charge in [0, 0.05) is 30.2 Å². The predicted octanol–water partition coefficient (Wildman–Crippen LogP) is 5.10. The van der Waals surface area contributed by atoms with Gasteiger partial charge in [0.15, 0.2) is 0 Å². The van der Waals surface area contributed by atoms with E-state index in [1.807, 2.05) is 51.1 Å². The zero-order chi connectivity index (χ0) is 17.7. The van der Waals surface area contributed by atoms with E-state index in [0.717, 1.165) is 41.2 Å². The van der Waals surface area contributed by atoms with Gasteiger partial charge in [-0.1, -0.05) is 12.1 Å². The zero-order valence-electron chi connectivity index (χ0n) is 15.2. The van der Waals surface area contributed by atoms with Crippen LogP contribution in [0.15, 0.2) is 36.4 Å². The number of amides is 2. The van der Waals surface area contributed by atoms with Crippen molar-refractivity contribution in [1.82, 2.24) is 0 Å². The maximum atomic E-state index is 12.3. The highest BCUT2D eigenvalue weighted by Crippen LogP contribution is 2.23. The molecule has 0 aliphatic heterocycles. The van der Waals surface area contributed by atoms with E-state index in [1.165, 1.54) is 5.69 Å². The van der Waals surface area contributed by atoms with Crippen LogP contribution in [0.3, 0.4) is 0 Å². The number of rotatable bonds is 5. The van der Waals surface area contributed by atoms with Gasteiger partial charge in [-0.25, -0.2) is 4.79 Å². The molecule has 0 atom stereocenters. The van der Waals surface area contributed by atoms with Gasteiger partial charge in [0.1, 0.15) is 0 Å². The lowest BCUT2D eigenvalue weighted by Gasteiger charge is -2.22. The Hall–Kier alpha value is -2.49. The van der Waals surface area contributed by atoms with Crippen LogP contribution in [0.2, 0.25) is 0 Å². The molecular formula is C20H27N3O. The molecule has 0 unspecified atom stereocenters. The number of carbonyl (C=O) groups is 1. The standard InChI is InChI=1S/C20H27N3O/c1-6-23(7-2)17-10-11-18(16(5)13-17)21-20(24)22-19-12-14(3)8-9-15(19)4/h8-13H,6-7H2,1-5H3,(H2,21,22,24). The van der Waals surface area contributed by atoms with Crippen molar-refractivity contribution < 1.29 is 4.79 Å². The van der Waals surface area contributed by atoms with E-state index in [2.05, 4.69) is 35.4 Å². The predicted molar refractivity (Wildman–Crippen MR) is 103 cm³/mol. The smallest absolute Gasteiger partial charge is 0.323 e. The zero-order valence-corrected chi connectivity index (χ0v) is 15.2. The van der Waals surface area contributed by atoms with Gasteiger partial charge >= 0.3 is 6.03 Å². The molecule has 0 bridgehead atoms. The van der Waals surface area contributed by atoms with Gasteiger partial charge in [0.2, 0.25) is 0 Å². The fourth-order valence-electron chi connectivity index (χ4n) is 2.72. The first-order valence-corrected chi connectivity index (χ1v) is 8.45. The first kappa shape index (κ1) is 17.9. The summed E-state index contributed by atoms with van der Waals surface area (Å²) in [4.78, 5) is 14.6. The van der Waals surface area contributed by atoms with Gasteiger partial charge in [-0.3, -0.25) is 0 Å². The van der Waals surface area contributed by atoms with Crippen molar-refractivity contribution in [2.24, 2.45) is 0 Å². The SMILES string of the molecule is CCN(CC)c1ccc(NC(=O)Nc2cc(C)ccc2C)c(C)c1. The van der Waals surface area contributed by atoms with Crippen molar-refractivity contribution in [2.75, 3.05) is 28.6 Å². The number of benzene rings is 2. The number of nitrogens with one attached hydrogen (secondary N) is 2. The summed E-state index contributed by atoms with van der Waals surface area (Å²) in [7, 11) is 0. The van der Waals surface area contributed by atoms with Crippen LogP contribution in [-0.4, -0.2) is 19.1 Å². The lowest BCUT2D eigenvalue weighted by molar-refractivity contribution is 0.262. The summed E-state index contributed by atoms with van der Waals surface area (Å²) in [5.74, 6) is 0. The molecule has 0 aromatic heterocycles. The first-order chi connectivity index (χ1) is 11.4. The van der Waals surface area contributed by atoms with Crippen LogP contribution in [-0.2, 0) is 0 Å². The molecule has 2 N–H and O–H groups in total. The van der Waals surface area contributed by atoms with E-state index in [0.29, 0.717) is 0 Å². The number of anilines is 3. The van der Waals surface area contributed by atoms with Crippen LogP contribution in [0.5, 0.6) is 0 Å². The third-order valence-corrected chi connectivity index (χ3v) is 4.23. The van der Waals surface area contributed by atoms with E-state index < -0.39 is 0 Å². The molecule has 0 saturated heterocycles. The summed E-state index contributed by atoms with van der Waals surface area (Å²) in [5.41, 5.74) is 6.06. The molecule has 0 aliphatic carbocycles. The molecule has 0 heterocycles. The molecule has 0 radical (unpaired) electrons. The van der Waals surface area contributed by atoms with Crippen LogP contribution in [0.25, 0.3) is 0 Å². The van der Waals surface area contributed by atoms with Gasteiger partial charge in [-0.15, -0.1) is 0 Å². The summed E-state index contributed by atoms with van der Waals surface area (Å²) in [6, 6.07) is 11.9. The second-order valence-electron chi connectivity index (χ2n) is 6.07. The summed E-state index contributed by atoms with van der Waals surface area (Å²) < 4.78 is 0. The molecule has 24 heavy (non-hydrogen) atoms. The van der Waals surface area contributed by atoms with Crippen LogP contribution in [0.1, 0.15) is 30.5 Å². The van der Waals surface area contributed by atoms with E-state index in [1.54, 1.807) is 0 Å². The molecule has 4 nitrogen and oxygen atoms in total. The second-order valence-corrected chi connectivity index (χ2v) is 6.07. The third-order valence-electron chi connectivity index (χ3n) is 4.23. The fourth-order valence-corrected chi connectivity index (χ4v) is 2.72. The largest absolute Gasteiger partial charge is 0.372 e.